The Balaban J connectivity index is 1.69. The number of hydrogen-bond donors (Lipinski definition) is 1. The van der Waals surface area contributed by atoms with E-state index in [4.69, 9.17) is 11.6 Å². The summed E-state index contributed by atoms with van der Waals surface area (Å²) in [6, 6.07) is 10.9. The smallest absolute Gasteiger partial charge is 0.225 e. The number of halogens is 2. The van der Waals surface area contributed by atoms with E-state index in [0.29, 0.717) is 56.2 Å². The van der Waals surface area contributed by atoms with Gasteiger partial charge in [0.1, 0.15) is 5.82 Å². The maximum Gasteiger partial charge on any atom is 0.225 e. The quantitative estimate of drug-likeness (QED) is 0.453. The summed E-state index contributed by atoms with van der Waals surface area (Å²) < 4.78 is 14.3. The van der Waals surface area contributed by atoms with Crippen LogP contribution >= 0.6 is 11.6 Å². The maximum absolute atomic E-state index is 14.3. The zero-order valence-corrected chi connectivity index (χ0v) is 24.3. The minimum atomic E-state index is -0.373. The van der Waals surface area contributed by atoms with E-state index in [2.05, 4.69) is 49.2 Å². The molecule has 2 aromatic carbocycles. The molecule has 8 heteroatoms. The van der Waals surface area contributed by atoms with Crippen molar-refractivity contribution in [3.05, 3.63) is 63.9 Å². The van der Waals surface area contributed by atoms with Crippen LogP contribution in [0, 0.1) is 24.6 Å². The fraction of sp³-hybridized carbons (Fsp3) is 0.533. The monoisotopic (exact) mass is 544 g/mol. The molecule has 2 atom stereocenters. The van der Waals surface area contributed by atoms with Crippen molar-refractivity contribution in [2.24, 2.45) is 11.8 Å². The molecule has 1 saturated heterocycles. The molecular weight excluding hydrogens is 503 g/mol. The lowest BCUT2D eigenvalue weighted by molar-refractivity contribution is -0.135. The van der Waals surface area contributed by atoms with Crippen molar-refractivity contribution in [2.75, 3.05) is 51.7 Å². The van der Waals surface area contributed by atoms with Gasteiger partial charge in [-0.2, -0.15) is 0 Å². The molecule has 1 heterocycles. The number of carbonyl (C=O) groups excluding carboxylic acids is 2. The van der Waals surface area contributed by atoms with E-state index >= 15 is 0 Å². The first-order chi connectivity index (χ1) is 18.0. The number of piperazine rings is 1. The largest absolute Gasteiger partial charge is 0.368 e. The first-order valence-electron chi connectivity index (χ1n) is 13.5. The highest BCUT2D eigenvalue weighted by Gasteiger charge is 2.29. The molecule has 0 aromatic heterocycles. The van der Waals surface area contributed by atoms with Gasteiger partial charge < -0.3 is 20.0 Å². The molecule has 0 aliphatic carbocycles. The summed E-state index contributed by atoms with van der Waals surface area (Å²) in [5.41, 5.74) is 3.87. The first kappa shape index (κ1) is 29.9. The van der Waals surface area contributed by atoms with Crippen LogP contribution in [0.4, 0.5) is 10.1 Å². The SMILES string of the molecule is Cc1ccc(N2CCN(C(=O)[C@H](C)Cc3ccc(Cl)cc3F)CC2)c([C@@H](NC(=O)CCN(C)C)C(C)C)c1. The first-order valence-corrected chi connectivity index (χ1v) is 13.9. The van der Waals surface area contributed by atoms with E-state index in [1.165, 1.54) is 6.07 Å². The second kappa shape index (κ2) is 13.4. The van der Waals surface area contributed by atoms with Crippen molar-refractivity contribution in [3.8, 4) is 0 Å². The van der Waals surface area contributed by atoms with Gasteiger partial charge in [0, 0.05) is 55.8 Å². The van der Waals surface area contributed by atoms with Gasteiger partial charge in [-0.05, 0) is 62.7 Å². The topological polar surface area (TPSA) is 55.9 Å². The van der Waals surface area contributed by atoms with Gasteiger partial charge >= 0.3 is 0 Å². The van der Waals surface area contributed by atoms with Gasteiger partial charge in [0.15, 0.2) is 0 Å². The average molecular weight is 545 g/mol. The standard InChI is InChI=1S/C30H42ClFN4O2/c1-20(2)29(33-28(37)11-12-34(5)6)25-17-21(3)7-10-27(25)35-13-15-36(16-14-35)30(38)22(4)18-23-8-9-24(31)19-26(23)32/h7-10,17,19-20,22,29H,11-16,18H2,1-6H3,(H,33,37)/t22-,29+/m1/s1. The predicted molar refractivity (Wildman–Crippen MR) is 153 cm³/mol. The zero-order valence-electron chi connectivity index (χ0n) is 23.6. The van der Waals surface area contributed by atoms with Crippen molar-refractivity contribution < 1.29 is 14.0 Å². The number of nitrogens with one attached hydrogen (secondary N) is 1. The molecule has 3 rings (SSSR count). The van der Waals surface area contributed by atoms with E-state index in [0.717, 1.165) is 16.8 Å². The van der Waals surface area contributed by atoms with Crippen LogP contribution in [0.5, 0.6) is 0 Å². The van der Waals surface area contributed by atoms with Crippen LogP contribution in [0.1, 0.15) is 49.9 Å². The zero-order chi connectivity index (χ0) is 28.0. The van der Waals surface area contributed by atoms with Gasteiger partial charge in [-0.3, -0.25) is 9.59 Å². The molecule has 1 aliphatic rings. The molecule has 38 heavy (non-hydrogen) atoms. The molecule has 208 valence electrons. The van der Waals surface area contributed by atoms with Gasteiger partial charge in [0.05, 0.1) is 6.04 Å². The Bertz CT molecular complexity index is 1120. The van der Waals surface area contributed by atoms with Gasteiger partial charge in [0.25, 0.3) is 0 Å². The third-order valence-corrected chi connectivity index (χ3v) is 7.42. The van der Waals surface area contributed by atoms with Gasteiger partial charge in [-0.15, -0.1) is 0 Å². The van der Waals surface area contributed by atoms with E-state index in [1.807, 2.05) is 30.8 Å². The fourth-order valence-corrected chi connectivity index (χ4v) is 5.13. The van der Waals surface area contributed by atoms with Gasteiger partial charge in [0.2, 0.25) is 11.8 Å². The Kier molecular flexibility index (Phi) is 10.6. The molecule has 1 aliphatic heterocycles. The van der Waals surface area contributed by atoms with Crippen LogP contribution in [0.2, 0.25) is 5.02 Å². The normalized spacial score (nSPS) is 15.6. The molecule has 0 bridgehead atoms. The van der Waals surface area contributed by atoms with Crippen LogP contribution in [0.25, 0.3) is 0 Å². The van der Waals surface area contributed by atoms with Crippen molar-refractivity contribution in [1.29, 1.82) is 0 Å². The number of nitrogens with zero attached hydrogens (tertiary/aromatic N) is 3. The van der Waals surface area contributed by atoms with E-state index in [9.17, 15) is 14.0 Å². The van der Waals surface area contributed by atoms with Crippen LogP contribution < -0.4 is 10.2 Å². The van der Waals surface area contributed by atoms with E-state index < -0.39 is 0 Å². The number of benzene rings is 2. The Morgan fingerprint density at radius 1 is 1.05 bits per heavy atom. The van der Waals surface area contributed by atoms with Crippen molar-refractivity contribution in [1.82, 2.24) is 15.1 Å². The molecule has 0 radical (unpaired) electrons. The molecule has 0 unspecified atom stereocenters. The minimum absolute atomic E-state index is 0.0383. The highest BCUT2D eigenvalue weighted by Crippen LogP contribution is 2.33. The second-order valence-corrected chi connectivity index (χ2v) is 11.5. The molecule has 2 amide bonds. The number of aryl methyl sites for hydroxylation is 1. The molecular formula is C30H42ClFN4O2. The van der Waals surface area contributed by atoms with Crippen molar-refractivity contribution in [3.63, 3.8) is 0 Å². The summed E-state index contributed by atoms with van der Waals surface area (Å²) in [4.78, 5) is 32.1. The third-order valence-electron chi connectivity index (χ3n) is 7.18. The lowest BCUT2D eigenvalue weighted by Gasteiger charge is -2.39. The summed E-state index contributed by atoms with van der Waals surface area (Å²) in [5, 5.41) is 3.62. The Hall–Kier alpha value is -2.64. The fourth-order valence-electron chi connectivity index (χ4n) is 4.97. The van der Waals surface area contributed by atoms with E-state index in [-0.39, 0.29) is 35.5 Å². The maximum atomic E-state index is 14.3. The average Bonchev–Trinajstić information content (AvgIpc) is 2.87. The Morgan fingerprint density at radius 3 is 2.34 bits per heavy atom. The van der Waals surface area contributed by atoms with Crippen LogP contribution in [0.3, 0.4) is 0 Å². The molecule has 0 saturated carbocycles. The highest BCUT2D eigenvalue weighted by atomic mass is 35.5. The number of amides is 2. The lowest BCUT2D eigenvalue weighted by atomic mass is 9.92. The number of rotatable bonds is 10. The van der Waals surface area contributed by atoms with Crippen LogP contribution in [0.15, 0.2) is 36.4 Å². The molecule has 1 fully saturated rings. The summed E-state index contributed by atoms with van der Waals surface area (Å²) in [6.45, 7) is 11.5. The lowest BCUT2D eigenvalue weighted by Crippen LogP contribution is -2.50. The Labute approximate surface area is 232 Å². The summed E-state index contributed by atoms with van der Waals surface area (Å²) in [7, 11) is 3.93. The third kappa shape index (κ3) is 7.93. The molecule has 0 spiro atoms. The molecule has 6 nitrogen and oxygen atoms in total. The van der Waals surface area contributed by atoms with E-state index in [1.54, 1.807) is 12.1 Å². The Morgan fingerprint density at radius 2 is 1.74 bits per heavy atom. The minimum Gasteiger partial charge on any atom is -0.368 e. The summed E-state index contributed by atoms with van der Waals surface area (Å²) >= 11 is 5.87. The summed E-state index contributed by atoms with van der Waals surface area (Å²) in [6.07, 6.45) is 0.796. The van der Waals surface area contributed by atoms with Crippen LogP contribution in [-0.4, -0.2) is 68.4 Å². The molecule has 1 N–H and O–H groups in total. The number of anilines is 1. The highest BCUT2D eigenvalue weighted by molar-refractivity contribution is 6.30. The van der Waals surface area contributed by atoms with Gasteiger partial charge in [-0.1, -0.05) is 56.1 Å². The van der Waals surface area contributed by atoms with Crippen molar-refractivity contribution >= 4 is 29.1 Å². The number of hydrogen-bond acceptors (Lipinski definition) is 4. The van der Waals surface area contributed by atoms with Crippen LogP contribution in [-0.2, 0) is 16.0 Å². The van der Waals surface area contributed by atoms with Gasteiger partial charge in [-0.25, -0.2) is 4.39 Å². The predicted octanol–water partition coefficient (Wildman–Crippen LogP) is 5.08. The van der Waals surface area contributed by atoms with Crippen molar-refractivity contribution in [2.45, 2.75) is 46.6 Å². The second-order valence-electron chi connectivity index (χ2n) is 11.1. The summed E-state index contributed by atoms with van der Waals surface area (Å²) in [5.74, 6) is -0.393. The number of carbonyl (C=O) groups is 2. The molecule has 2 aromatic rings.